The van der Waals surface area contributed by atoms with Crippen LogP contribution in [0.15, 0.2) is 58.4 Å². The van der Waals surface area contributed by atoms with Gasteiger partial charge in [-0.2, -0.15) is 10.4 Å². The zero-order valence-electron chi connectivity index (χ0n) is 16.2. The molecule has 8 heteroatoms. The Hall–Kier alpha value is -4.12. The Bertz CT molecular complexity index is 1130. The number of hydrogen-bond acceptors (Lipinski definition) is 7. The van der Waals surface area contributed by atoms with Crippen LogP contribution in [0.1, 0.15) is 11.1 Å². The molecule has 0 bridgehead atoms. The smallest absolute Gasteiger partial charge is 0.273 e. The minimum absolute atomic E-state index is 0.0395. The Labute approximate surface area is 167 Å². The average Bonchev–Trinajstić information content (AvgIpc) is 2.77. The summed E-state index contributed by atoms with van der Waals surface area (Å²) in [7, 11) is 4.69. The highest BCUT2D eigenvalue weighted by molar-refractivity contribution is 5.80. The fourth-order valence-corrected chi connectivity index (χ4v) is 2.62. The van der Waals surface area contributed by atoms with Gasteiger partial charge in [0.1, 0.15) is 23.1 Å². The van der Waals surface area contributed by atoms with Gasteiger partial charge in [-0.1, -0.05) is 0 Å². The maximum absolute atomic E-state index is 12.6. The number of benzene rings is 2. The normalized spacial score (nSPS) is 10.6. The maximum atomic E-state index is 12.6. The lowest BCUT2D eigenvalue weighted by Gasteiger charge is -2.11. The zero-order chi connectivity index (χ0) is 20.8. The van der Waals surface area contributed by atoms with Gasteiger partial charge in [0, 0.05) is 12.6 Å². The molecule has 3 rings (SSSR count). The van der Waals surface area contributed by atoms with Crippen LogP contribution in [0.3, 0.4) is 0 Å². The summed E-state index contributed by atoms with van der Waals surface area (Å²) in [6.45, 7) is 0. The monoisotopic (exact) mass is 389 g/mol. The fourth-order valence-electron chi connectivity index (χ4n) is 2.62. The molecule has 1 heterocycles. The number of aromatic nitrogens is 2. The molecule has 1 N–H and O–H groups in total. The van der Waals surface area contributed by atoms with E-state index in [2.05, 4.69) is 15.5 Å². The summed E-state index contributed by atoms with van der Waals surface area (Å²) in [5.74, 6) is 1.62. The van der Waals surface area contributed by atoms with E-state index in [1.807, 2.05) is 30.3 Å². The second kappa shape index (κ2) is 8.71. The van der Waals surface area contributed by atoms with Gasteiger partial charge in [-0.3, -0.25) is 9.36 Å². The lowest BCUT2D eigenvalue weighted by molar-refractivity contribution is 0.414. The molecule has 0 saturated heterocycles. The molecule has 0 saturated carbocycles. The van der Waals surface area contributed by atoms with Crippen molar-refractivity contribution < 1.29 is 9.47 Å². The average molecular weight is 389 g/mol. The molecule has 0 aliphatic heterocycles. The molecular weight excluding hydrogens is 370 g/mol. The standard InChI is InChI=1S/C21H19N5O3/c1-26-20(27)18(12-22)19(15-6-10-17(29-3)11-7-15)24-21(26)25-23-13-14-4-8-16(28-2)9-5-14/h4-11,13H,1-3H3,(H,24,25)/b23-13+. The predicted molar refractivity (Wildman–Crippen MR) is 110 cm³/mol. The quantitative estimate of drug-likeness (QED) is 0.514. The SMILES string of the molecule is COc1ccc(/C=N/Nc2nc(-c3ccc(OC)cc3)c(C#N)c(=O)n2C)cc1. The number of nitrogens with zero attached hydrogens (tertiary/aromatic N) is 4. The van der Waals surface area contributed by atoms with Crippen LogP contribution in [0.4, 0.5) is 5.95 Å². The molecule has 1 aromatic heterocycles. The van der Waals surface area contributed by atoms with Crippen molar-refractivity contribution in [3.05, 3.63) is 70.0 Å². The van der Waals surface area contributed by atoms with Crippen molar-refractivity contribution in [2.24, 2.45) is 12.1 Å². The van der Waals surface area contributed by atoms with E-state index in [9.17, 15) is 10.1 Å². The summed E-state index contributed by atoms with van der Waals surface area (Å²) in [6.07, 6.45) is 1.59. The number of rotatable bonds is 6. The van der Waals surface area contributed by atoms with Crippen LogP contribution in [0.25, 0.3) is 11.3 Å². The van der Waals surface area contributed by atoms with Crippen LogP contribution in [-0.2, 0) is 7.05 Å². The molecule has 0 aliphatic rings. The first-order valence-electron chi connectivity index (χ1n) is 8.66. The molecule has 3 aromatic rings. The third-order valence-electron chi connectivity index (χ3n) is 4.26. The van der Waals surface area contributed by atoms with E-state index < -0.39 is 5.56 Å². The number of hydrogen-bond donors (Lipinski definition) is 1. The summed E-state index contributed by atoms with van der Waals surface area (Å²) in [6, 6.07) is 16.2. The number of nitriles is 1. The molecule has 0 unspecified atom stereocenters. The first kappa shape index (κ1) is 19.6. The molecule has 8 nitrogen and oxygen atoms in total. The predicted octanol–water partition coefficient (Wildman–Crippen LogP) is 2.78. The fraction of sp³-hybridized carbons (Fsp3) is 0.143. The maximum Gasteiger partial charge on any atom is 0.273 e. The van der Waals surface area contributed by atoms with E-state index in [1.54, 1.807) is 44.7 Å². The Morgan fingerprint density at radius 1 is 1.07 bits per heavy atom. The van der Waals surface area contributed by atoms with E-state index in [0.717, 1.165) is 11.3 Å². The van der Waals surface area contributed by atoms with E-state index in [4.69, 9.17) is 9.47 Å². The van der Waals surface area contributed by atoms with E-state index >= 15 is 0 Å². The van der Waals surface area contributed by atoms with Gasteiger partial charge in [-0.05, 0) is 54.1 Å². The Morgan fingerprint density at radius 2 is 1.66 bits per heavy atom. The van der Waals surface area contributed by atoms with Crippen LogP contribution >= 0.6 is 0 Å². The number of ether oxygens (including phenoxy) is 2. The minimum atomic E-state index is -0.463. The zero-order valence-corrected chi connectivity index (χ0v) is 16.2. The van der Waals surface area contributed by atoms with E-state index in [0.29, 0.717) is 11.3 Å². The van der Waals surface area contributed by atoms with Crippen LogP contribution < -0.4 is 20.5 Å². The third-order valence-corrected chi connectivity index (χ3v) is 4.26. The Kier molecular flexibility index (Phi) is 5.90. The summed E-state index contributed by atoms with van der Waals surface area (Å²) in [5.41, 5.74) is 4.01. The van der Waals surface area contributed by atoms with Gasteiger partial charge < -0.3 is 9.47 Å². The largest absolute Gasteiger partial charge is 0.497 e. The molecular formula is C21H19N5O3. The lowest BCUT2D eigenvalue weighted by Crippen LogP contribution is -2.24. The van der Waals surface area contributed by atoms with Gasteiger partial charge in [-0.25, -0.2) is 10.4 Å². The van der Waals surface area contributed by atoms with Crippen molar-refractivity contribution in [3.8, 4) is 28.8 Å². The molecule has 0 amide bonds. The van der Waals surface area contributed by atoms with Gasteiger partial charge in [0.05, 0.1) is 26.1 Å². The summed E-state index contributed by atoms with van der Waals surface area (Å²) < 4.78 is 11.5. The van der Waals surface area contributed by atoms with Gasteiger partial charge >= 0.3 is 0 Å². The van der Waals surface area contributed by atoms with Gasteiger partial charge in [0.15, 0.2) is 0 Å². The minimum Gasteiger partial charge on any atom is -0.497 e. The number of anilines is 1. The van der Waals surface area contributed by atoms with Crippen molar-refractivity contribution in [3.63, 3.8) is 0 Å². The van der Waals surface area contributed by atoms with Crippen LogP contribution in [0.5, 0.6) is 11.5 Å². The van der Waals surface area contributed by atoms with Crippen LogP contribution in [0, 0.1) is 11.3 Å². The highest BCUT2D eigenvalue weighted by Gasteiger charge is 2.16. The first-order chi connectivity index (χ1) is 14.1. The number of nitrogens with one attached hydrogen (secondary N) is 1. The molecule has 0 spiro atoms. The molecule has 2 aromatic carbocycles. The van der Waals surface area contributed by atoms with Crippen molar-refractivity contribution in [1.29, 1.82) is 5.26 Å². The topological polar surface area (TPSA) is 102 Å². The Balaban J connectivity index is 1.94. The highest BCUT2D eigenvalue weighted by atomic mass is 16.5. The molecule has 0 radical (unpaired) electrons. The molecule has 0 aliphatic carbocycles. The lowest BCUT2D eigenvalue weighted by atomic mass is 10.1. The molecule has 0 fully saturated rings. The Morgan fingerprint density at radius 3 is 2.21 bits per heavy atom. The summed E-state index contributed by atoms with van der Waals surface area (Å²) >= 11 is 0. The first-order valence-corrected chi connectivity index (χ1v) is 8.66. The second-order valence-electron chi connectivity index (χ2n) is 6.01. The highest BCUT2D eigenvalue weighted by Crippen LogP contribution is 2.23. The molecule has 0 atom stereocenters. The summed E-state index contributed by atoms with van der Waals surface area (Å²) in [4.78, 5) is 17.1. The van der Waals surface area contributed by atoms with Crippen molar-refractivity contribution >= 4 is 12.2 Å². The van der Waals surface area contributed by atoms with Gasteiger partial charge in [0.25, 0.3) is 5.56 Å². The number of methoxy groups -OCH3 is 2. The third kappa shape index (κ3) is 4.25. The van der Waals surface area contributed by atoms with Crippen molar-refractivity contribution in [2.75, 3.05) is 19.6 Å². The van der Waals surface area contributed by atoms with E-state index in [1.165, 1.54) is 11.6 Å². The summed E-state index contributed by atoms with van der Waals surface area (Å²) in [5, 5.41) is 13.6. The van der Waals surface area contributed by atoms with Crippen molar-refractivity contribution in [1.82, 2.24) is 9.55 Å². The number of hydrazone groups is 1. The second-order valence-corrected chi connectivity index (χ2v) is 6.01. The molecule has 146 valence electrons. The molecule has 29 heavy (non-hydrogen) atoms. The van der Waals surface area contributed by atoms with Crippen molar-refractivity contribution in [2.45, 2.75) is 0 Å². The van der Waals surface area contributed by atoms with Crippen LogP contribution in [-0.4, -0.2) is 30.0 Å². The van der Waals surface area contributed by atoms with Gasteiger partial charge in [0.2, 0.25) is 5.95 Å². The van der Waals surface area contributed by atoms with E-state index in [-0.39, 0.29) is 17.2 Å². The van der Waals surface area contributed by atoms with Gasteiger partial charge in [-0.15, -0.1) is 0 Å². The van der Waals surface area contributed by atoms with Crippen LogP contribution in [0.2, 0.25) is 0 Å².